The number of carbonyl (C=O) groups is 3. The molecule has 0 saturated heterocycles. The first-order valence-corrected chi connectivity index (χ1v) is 34.3. The highest BCUT2D eigenvalue weighted by Gasteiger charge is 2.19. The summed E-state index contributed by atoms with van der Waals surface area (Å²) in [6.45, 7) is 6.68. The molecule has 0 aromatic heterocycles. The van der Waals surface area contributed by atoms with Crippen molar-refractivity contribution in [2.24, 2.45) is 0 Å². The fourth-order valence-electron chi connectivity index (χ4n) is 10.5. The molecule has 0 spiro atoms. The van der Waals surface area contributed by atoms with E-state index in [-0.39, 0.29) is 31.1 Å². The summed E-state index contributed by atoms with van der Waals surface area (Å²) in [5.74, 6) is -0.853. The molecule has 0 radical (unpaired) electrons. The van der Waals surface area contributed by atoms with Gasteiger partial charge in [-0.1, -0.05) is 321 Å². The molecule has 0 aromatic rings. The minimum atomic E-state index is -0.773. The van der Waals surface area contributed by atoms with Crippen LogP contribution in [0.5, 0.6) is 0 Å². The third-order valence-electron chi connectivity index (χ3n) is 15.7. The van der Waals surface area contributed by atoms with Gasteiger partial charge >= 0.3 is 17.9 Å². The lowest BCUT2D eigenvalue weighted by Crippen LogP contribution is -2.30. The Kier molecular flexibility index (Phi) is 63.6. The fourth-order valence-corrected chi connectivity index (χ4v) is 10.5. The van der Waals surface area contributed by atoms with Gasteiger partial charge in [-0.15, -0.1) is 0 Å². The van der Waals surface area contributed by atoms with Gasteiger partial charge in [0.25, 0.3) is 0 Å². The van der Waals surface area contributed by atoms with E-state index in [0.29, 0.717) is 19.3 Å². The van der Waals surface area contributed by atoms with E-state index < -0.39 is 6.10 Å². The zero-order valence-electron chi connectivity index (χ0n) is 51.6. The maximum atomic E-state index is 12.9. The van der Waals surface area contributed by atoms with Crippen LogP contribution in [0.25, 0.3) is 0 Å². The summed E-state index contributed by atoms with van der Waals surface area (Å²) in [4.78, 5) is 38.3. The van der Waals surface area contributed by atoms with Gasteiger partial charge in [0, 0.05) is 19.3 Å². The van der Waals surface area contributed by atoms with Gasteiger partial charge < -0.3 is 14.2 Å². The smallest absolute Gasteiger partial charge is 0.306 e. The van der Waals surface area contributed by atoms with Crippen molar-refractivity contribution in [2.45, 2.75) is 393 Å². The molecule has 448 valence electrons. The molecule has 76 heavy (non-hydrogen) atoms. The highest BCUT2D eigenvalue weighted by Crippen LogP contribution is 2.18. The van der Waals surface area contributed by atoms with E-state index in [1.165, 1.54) is 283 Å². The number of hydrogen-bond acceptors (Lipinski definition) is 6. The van der Waals surface area contributed by atoms with Gasteiger partial charge in [0.2, 0.25) is 0 Å². The van der Waals surface area contributed by atoms with E-state index in [2.05, 4.69) is 45.1 Å². The summed E-state index contributed by atoms with van der Waals surface area (Å²) < 4.78 is 17.0. The van der Waals surface area contributed by atoms with Crippen LogP contribution >= 0.6 is 0 Å². The topological polar surface area (TPSA) is 78.9 Å². The second-order valence-corrected chi connectivity index (χ2v) is 23.4. The number of ether oxygens (including phenoxy) is 3. The summed E-state index contributed by atoms with van der Waals surface area (Å²) in [6.07, 6.45) is 79.2. The minimum Gasteiger partial charge on any atom is -0.462 e. The minimum absolute atomic E-state index is 0.0695. The molecule has 1 unspecified atom stereocenters. The Labute approximate surface area is 474 Å². The first-order chi connectivity index (χ1) is 37.5. The van der Waals surface area contributed by atoms with Crippen molar-refractivity contribution in [3.63, 3.8) is 0 Å². The number of allylic oxidation sites excluding steroid dienone is 4. The van der Waals surface area contributed by atoms with Gasteiger partial charge in [-0.2, -0.15) is 0 Å². The summed E-state index contributed by atoms with van der Waals surface area (Å²) in [6, 6.07) is 0. The van der Waals surface area contributed by atoms with Crippen LogP contribution in [0.15, 0.2) is 24.3 Å². The third kappa shape index (κ3) is 62.7. The molecule has 6 heteroatoms. The molecule has 6 nitrogen and oxygen atoms in total. The molecule has 0 fully saturated rings. The van der Waals surface area contributed by atoms with Crippen LogP contribution in [0, 0.1) is 0 Å². The van der Waals surface area contributed by atoms with Crippen molar-refractivity contribution in [2.75, 3.05) is 13.2 Å². The molecule has 0 aliphatic rings. The number of carbonyl (C=O) groups excluding carboxylic acids is 3. The van der Waals surface area contributed by atoms with Gasteiger partial charge in [-0.25, -0.2) is 0 Å². The molecular formula is C70H132O6. The van der Waals surface area contributed by atoms with Crippen LogP contribution in [0.2, 0.25) is 0 Å². The molecule has 0 heterocycles. The zero-order chi connectivity index (χ0) is 55.0. The van der Waals surface area contributed by atoms with Gasteiger partial charge in [-0.3, -0.25) is 14.4 Å². The monoisotopic (exact) mass is 1070 g/mol. The molecule has 0 rings (SSSR count). The second kappa shape index (κ2) is 65.4. The number of rotatable bonds is 64. The zero-order valence-corrected chi connectivity index (χ0v) is 51.6. The van der Waals surface area contributed by atoms with Crippen molar-refractivity contribution in [1.82, 2.24) is 0 Å². The Morgan fingerprint density at radius 3 is 0.684 bits per heavy atom. The number of unbranched alkanes of at least 4 members (excludes halogenated alkanes) is 49. The average molecular weight is 1070 g/mol. The lowest BCUT2D eigenvalue weighted by Gasteiger charge is -2.18. The summed E-state index contributed by atoms with van der Waals surface area (Å²) >= 11 is 0. The molecule has 1 atom stereocenters. The third-order valence-corrected chi connectivity index (χ3v) is 15.7. The van der Waals surface area contributed by atoms with Gasteiger partial charge in [-0.05, 0) is 70.6 Å². The molecular weight excluding hydrogens is 937 g/mol. The summed E-state index contributed by atoms with van der Waals surface area (Å²) in [5.41, 5.74) is 0. The second-order valence-electron chi connectivity index (χ2n) is 23.4. The van der Waals surface area contributed by atoms with Crippen LogP contribution in [0.3, 0.4) is 0 Å². The molecule has 0 saturated carbocycles. The Hall–Kier alpha value is -2.11. The highest BCUT2D eigenvalue weighted by molar-refractivity contribution is 5.71. The standard InChI is InChI=1S/C70H132O6/c1-4-7-10-13-16-19-22-25-27-29-31-33-34-35-36-38-39-41-43-45-48-51-54-57-60-63-69(72)75-66-67(65-74-68(71)62-59-56-53-50-47-24-21-18-15-12-9-6-3)76-70(73)64-61-58-55-52-49-46-44-42-40-37-32-30-28-26-23-20-17-14-11-8-5-2/h18,21,30,32,67H,4-17,19-20,22-29,31,33-66H2,1-3H3/b21-18-,32-30-. The van der Waals surface area contributed by atoms with E-state index in [0.717, 1.165) is 64.2 Å². The normalized spacial score (nSPS) is 12.1. The van der Waals surface area contributed by atoms with Crippen LogP contribution in [-0.4, -0.2) is 37.2 Å². The van der Waals surface area contributed by atoms with Crippen LogP contribution < -0.4 is 0 Å². The SMILES string of the molecule is CCCCC/C=C\CCCCCCCC(=O)OCC(COC(=O)CCCCCCCCCCCCCCCCCCCCCCCCCCC)OC(=O)CCCCCCCCCCC/C=C\CCCCCCCCCC. The van der Waals surface area contributed by atoms with Crippen molar-refractivity contribution < 1.29 is 28.6 Å². The average Bonchev–Trinajstić information content (AvgIpc) is 3.42. The van der Waals surface area contributed by atoms with Gasteiger partial charge in [0.05, 0.1) is 0 Å². The van der Waals surface area contributed by atoms with E-state index in [4.69, 9.17) is 14.2 Å². The maximum absolute atomic E-state index is 12.9. The predicted molar refractivity (Wildman–Crippen MR) is 330 cm³/mol. The Morgan fingerprint density at radius 1 is 0.250 bits per heavy atom. The number of esters is 3. The molecule has 0 N–H and O–H groups in total. The largest absolute Gasteiger partial charge is 0.462 e. The lowest BCUT2D eigenvalue weighted by molar-refractivity contribution is -0.167. The maximum Gasteiger partial charge on any atom is 0.306 e. The first kappa shape index (κ1) is 73.9. The Balaban J connectivity index is 4.21. The van der Waals surface area contributed by atoms with E-state index in [1.54, 1.807) is 0 Å². The Morgan fingerprint density at radius 2 is 0.434 bits per heavy atom. The van der Waals surface area contributed by atoms with Gasteiger partial charge in [0.15, 0.2) is 6.10 Å². The molecule has 0 amide bonds. The number of hydrogen-bond donors (Lipinski definition) is 0. The fraction of sp³-hybridized carbons (Fsp3) is 0.900. The molecule has 0 aliphatic heterocycles. The van der Waals surface area contributed by atoms with E-state index in [1.807, 2.05) is 0 Å². The van der Waals surface area contributed by atoms with E-state index in [9.17, 15) is 14.4 Å². The quantitative estimate of drug-likeness (QED) is 0.0261. The van der Waals surface area contributed by atoms with Crippen LogP contribution in [0.1, 0.15) is 387 Å². The van der Waals surface area contributed by atoms with Crippen molar-refractivity contribution in [1.29, 1.82) is 0 Å². The van der Waals surface area contributed by atoms with Crippen LogP contribution in [-0.2, 0) is 28.6 Å². The van der Waals surface area contributed by atoms with Crippen molar-refractivity contribution in [3.05, 3.63) is 24.3 Å². The predicted octanol–water partition coefficient (Wildman–Crippen LogP) is 23.4. The summed E-state index contributed by atoms with van der Waals surface area (Å²) in [5, 5.41) is 0. The first-order valence-electron chi connectivity index (χ1n) is 34.3. The van der Waals surface area contributed by atoms with Crippen molar-refractivity contribution >= 4 is 17.9 Å². The van der Waals surface area contributed by atoms with E-state index >= 15 is 0 Å². The molecule has 0 aliphatic carbocycles. The van der Waals surface area contributed by atoms with Gasteiger partial charge in [0.1, 0.15) is 13.2 Å². The Bertz CT molecular complexity index is 1230. The van der Waals surface area contributed by atoms with Crippen LogP contribution in [0.4, 0.5) is 0 Å². The lowest BCUT2D eigenvalue weighted by atomic mass is 10.0. The van der Waals surface area contributed by atoms with Crippen molar-refractivity contribution in [3.8, 4) is 0 Å². The summed E-state index contributed by atoms with van der Waals surface area (Å²) in [7, 11) is 0. The highest BCUT2D eigenvalue weighted by atomic mass is 16.6. The molecule has 0 aromatic carbocycles. The molecule has 0 bridgehead atoms.